The van der Waals surface area contributed by atoms with Gasteiger partial charge in [0.2, 0.25) is 5.95 Å². The van der Waals surface area contributed by atoms with Crippen LogP contribution in [-0.2, 0) is 6.42 Å². The van der Waals surface area contributed by atoms with Gasteiger partial charge in [0.15, 0.2) is 11.4 Å². The molecular weight excluding hydrogens is 428 g/mol. The van der Waals surface area contributed by atoms with Gasteiger partial charge in [-0.15, -0.1) is 10.2 Å². The first-order valence-electron chi connectivity index (χ1n) is 11.5. The Morgan fingerprint density at radius 1 is 0.882 bits per heavy atom. The first-order valence-corrected chi connectivity index (χ1v) is 11.5. The average Bonchev–Trinajstić information content (AvgIpc) is 3.49. The van der Waals surface area contributed by atoms with E-state index in [1.165, 1.54) is 11.8 Å². The number of furan rings is 1. The molecule has 0 radical (unpaired) electrons. The molecule has 1 fully saturated rings. The fraction of sp³-hybridized carbons (Fsp3) is 0.231. The second-order valence-corrected chi connectivity index (χ2v) is 8.48. The van der Waals surface area contributed by atoms with Gasteiger partial charge in [-0.05, 0) is 36.2 Å². The Kier molecular flexibility index (Phi) is 5.18. The number of hydrogen-bond acceptors (Lipinski definition) is 6. The standard InChI is InChI=1S/C26H24N6O2/c33-25(22-12-6-17-34-22)30-13-7-14-31(16-15-30)26-27-21-11-5-4-10-20(21)24-29-28-23(32(24)26)18-19-8-2-1-3-9-19/h1-6,8-12,17H,7,13-16,18H2. The van der Waals surface area contributed by atoms with Crippen molar-refractivity contribution in [1.82, 2.24) is 24.5 Å². The van der Waals surface area contributed by atoms with Gasteiger partial charge in [0, 0.05) is 38.0 Å². The summed E-state index contributed by atoms with van der Waals surface area (Å²) in [5.41, 5.74) is 2.86. The lowest BCUT2D eigenvalue weighted by Crippen LogP contribution is -2.35. The maximum atomic E-state index is 12.8. The molecule has 1 saturated heterocycles. The van der Waals surface area contributed by atoms with Crippen LogP contribution in [0.4, 0.5) is 5.95 Å². The largest absolute Gasteiger partial charge is 0.459 e. The number of hydrogen-bond donors (Lipinski definition) is 0. The minimum atomic E-state index is -0.0717. The van der Waals surface area contributed by atoms with Gasteiger partial charge >= 0.3 is 0 Å². The zero-order valence-electron chi connectivity index (χ0n) is 18.7. The molecule has 8 heteroatoms. The fourth-order valence-corrected chi connectivity index (χ4v) is 4.60. The summed E-state index contributed by atoms with van der Waals surface area (Å²) in [6.45, 7) is 2.71. The molecule has 0 saturated carbocycles. The van der Waals surface area contributed by atoms with Gasteiger partial charge in [-0.3, -0.25) is 4.79 Å². The third kappa shape index (κ3) is 3.67. The normalized spacial score (nSPS) is 14.6. The molecule has 1 aliphatic heterocycles. The number of fused-ring (bicyclic) bond motifs is 3. The van der Waals surface area contributed by atoms with Crippen molar-refractivity contribution in [3.8, 4) is 0 Å². The molecule has 8 nitrogen and oxygen atoms in total. The smallest absolute Gasteiger partial charge is 0.289 e. The molecule has 1 aliphatic rings. The van der Waals surface area contributed by atoms with Gasteiger partial charge in [0.1, 0.15) is 5.82 Å². The quantitative estimate of drug-likeness (QED) is 0.413. The molecule has 0 atom stereocenters. The van der Waals surface area contributed by atoms with Gasteiger partial charge in [-0.2, -0.15) is 0 Å². The molecule has 6 rings (SSSR count). The van der Waals surface area contributed by atoms with E-state index in [9.17, 15) is 4.79 Å². The predicted octanol–water partition coefficient (Wildman–Crippen LogP) is 3.81. The first kappa shape index (κ1) is 20.4. The number of para-hydroxylation sites is 1. The summed E-state index contributed by atoms with van der Waals surface area (Å²) in [6, 6.07) is 21.8. The van der Waals surface area contributed by atoms with Crippen molar-refractivity contribution in [2.24, 2.45) is 0 Å². The van der Waals surface area contributed by atoms with E-state index in [0.29, 0.717) is 31.8 Å². The number of aromatic nitrogens is 4. The summed E-state index contributed by atoms with van der Waals surface area (Å²) >= 11 is 0. The van der Waals surface area contributed by atoms with E-state index in [1.54, 1.807) is 12.1 Å². The molecule has 34 heavy (non-hydrogen) atoms. The molecule has 0 spiro atoms. The third-order valence-electron chi connectivity index (χ3n) is 6.30. The minimum absolute atomic E-state index is 0.0717. The van der Waals surface area contributed by atoms with Gasteiger partial charge in [-0.1, -0.05) is 42.5 Å². The molecule has 3 aromatic heterocycles. The van der Waals surface area contributed by atoms with Crippen molar-refractivity contribution in [3.63, 3.8) is 0 Å². The maximum Gasteiger partial charge on any atom is 0.289 e. The molecular formula is C26H24N6O2. The predicted molar refractivity (Wildman–Crippen MR) is 129 cm³/mol. The van der Waals surface area contributed by atoms with Crippen molar-refractivity contribution in [2.45, 2.75) is 12.8 Å². The topological polar surface area (TPSA) is 79.8 Å². The molecule has 5 aromatic rings. The Morgan fingerprint density at radius 2 is 1.74 bits per heavy atom. The SMILES string of the molecule is O=C(c1ccco1)N1CCCN(c2nc3ccccc3c3nnc(Cc4ccccc4)n23)CC1. The van der Waals surface area contributed by atoms with Crippen LogP contribution in [0.5, 0.6) is 0 Å². The van der Waals surface area contributed by atoms with Crippen molar-refractivity contribution >= 4 is 28.4 Å². The number of anilines is 1. The van der Waals surface area contributed by atoms with E-state index < -0.39 is 0 Å². The summed E-state index contributed by atoms with van der Waals surface area (Å²) in [7, 11) is 0. The second-order valence-electron chi connectivity index (χ2n) is 8.48. The van der Waals surface area contributed by atoms with Crippen molar-refractivity contribution in [2.75, 3.05) is 31.1 Å². The number of carbonyl (C=O) groups excluding carboxylic acids is 1. The zero-order valence-corrected chi connectivity index (χ0v) is 18.7. The van der Waals surface area contributed by atoms with E-state index in [0.717, 1.165) is 41.3 Å². The lowest BCUT2D eigenvalue weighted by atomic mass is 10.1. The van der Waals surface area contributed by atoms with E-state index in [2.05, 4.69) is 31.6 Å². The Labute approximate surface area is 196 Å². The number of carbonyl (C=O) groups is 1. The highest BCUT2D eigenvalue weighted by atomic mass is 16.3. The van der Waals surface area contributed by atoms with Crippen LogP contribution in [0.1, 0.15) is 28.4 Å². The Morgan fingerprint density at radius 3 is 2.59 bits per heavy atom. The van der Waals surface area contributed by atoms with Gasteiger partial charge in [-0.25, -0.2) is 9.38 Å². The summed E-state index contributed by atoms with van der Waals surface area (Å²) in [5.74, 6) is 1.97. The van der Waals surface area contributed by atoms with Gasteiger partial charge in [0.25, 0.3) is 5.91 Å². The van der Waals surface area contributed by atoms with Crippen LogP contribution in [0.3, 0.4) is 0 Å². The molecule has 0 N–H and O–H groups in total. The van der Waals surface area contributed by atoms with Crippen LogP contribution < -0.4 is 4.90 Å². The van der Waals surface area contributed by atoms with Crippen molar-refractivity contribution < 1.29 is 9.21 Å². The highest BCUT2D eigenvalue weighted by molar-refractivity contribution is 5.93. The molecule has 0 bridgehead atoms. The zero-order chi connectivity index (χ0) is 22.9. The molecule has 170 valence electrons. The molecule has 4 heterocycles. The van der Waals surface area contributed by atoms with Crippen LogP contribution in [0, 0.1) is 0 Å². The minimum Gasteiger partial charge on any atom is -0.459 e. The lowest BCUT2D eigenvalue weighted by Gasteiger charge is -2.24. The third-order valence-corrected chi connectivity index (χ3v) is 6.30. The van der Waals surface area contributed by atoms with Gasteiger partial charge < -0.3 is 14.2 Å². The lowest BCUT2D eigenvalue weighted by molar-refractivity contribution is 0.0735. The molecule has 0 aliphatic carbocycles. The summed E-state index contributed by atoms with van der Waals surface area (Å²) in [6.07, 6.45) is 3.03. The van der Waals surface area contributed by atoms with Crippen molar-refractivity contribution in [3.05, 3.63) is 90.1 Å². The van der Waals surface area contributed by atoms with Crippen molar-refractivity contribution in [1.29, 1.82) is 0 Å². The van der Waals surface area contributed by atoms with E-state index in [-0.39, 0.29) is 5.91 Å². The molecule has 0 unspecified atom stereocenters. The van der Waals surface area contributed by atoms with Crippen LogP contribution in [0.25, 0.3) is 16.6 Å². The molecule has 1 amide bonds. The monoisotopic (exact) mass is 452 g/mol. The summed E-state index contributed by atoms with van der Waals surface area (Å²) in [5, 5.41) is 10.1. The number of nitrogens with zero attached hydrogens (tertiary/aromatic N) is 6. The Hall–Kier alpha value is -4.20. The summed E-state index contributed by atoms with van der Waals surface area (Å²) < 4.78 is 7.41. The second kappa shape index (κ2) is 8.62. The van der Waals surface area contributed by atoms with E-state index in [4.69, 9.17) is 9.40 Å². The first-order chi connectivity index (χ1) is 16.8. The number of amides is 1. The Balaban J connectivity index is 1.39. The molecule has 2 aromatic carbocycles. The van der Waals surface area contributed by atoms with E-state index in [1.807, 2.05) is 47.4 Å². The highest BCUT2D eigenvalue weighted by Crippen LogP contribution is 2.26. The average molecular weight is 453 g/mol. The van der Waals surface area contributed by atoms with Crippen LogP contribution in [0.2, 0.25) is 0 Å². The fourth-order valence-electron chi connectivity index (χ4n) is 4.60. The number of rotatable bonds is 4. The van der Waals surface area contributed by atoms with Gasteiger partial charge in [0.05, 0.1) is 11.8 Å². The maximum absolute atomic E-state index is 12.8. The van der Waals surface area contributed by atoms with E-state index >= 15 is 0 Å². The van der Waals surface area contributed by atoms with Crippen LogP contribution >= 0.6 is 0 Å². The highest BCUT2D eigenvalue weighted by Gasteiger charge is 2.25. The Bertz CT molecular complexity index is 1440. The van der Waals surface area contributed by atoms with Crippen LogP contribution in [0.15, 0.2) is 77.4 Å². The summed E-state index contributed by atoms with van der Waals surface area (Å²) in [4.78, 5) is 22.0. The van der Waals surface area contributed by atoms with Crippen LogP contribution in [-0.4, -0.2) is 56.6 Å². The number of benzene rings is 2.